The number of carboxylic acids is 1. The summed E-state index contributed by atoms with van der Waals surface area (Å²) >= 11 is 0. The average Bonchev–Trinajstić information content (AvgIpc) is 2.76. The Labute approximate surface area is 234 Å². The summed E-state index contributed by atoms with van der Waals surface area (Å²) in [5.41, 5.74) is -0.738. The third-order valence-corrected chi connectivity index (χ3v) is 6.34. The van der Waals surface area contributed by atoms with E-state index in [9.17, 15) is 29.1 Å². The van der Waals surface area contributed by atoms with E-state index in [-0.39, 0.29) is 17.8 Å². The molecule has 0 aliphatic carbocycles. The molecule has 0 aromatic carbocycles. The van der Waals surface area contributed by atoms with Crippen LogP contribution in [0.3, 0.4) is 0 Å². The summed E-state index contributed by atoms with van der Waals surface area (Å²) in [6.07, 6.45) is -0.102. The Morgan fingerprint density at radius 2 is 1.10 bits per heavy atom. The summed E-state index contributed by atoms with van der Waals surface area (Å²) in [7, 11) is 4.46. The molecule has 11 nitrogen and oxygen atoms in total. The van der Waals surface area contributed by atoms with Gasteiger partial charge in [-0.15, -0.1) is 0 Å². The first kappa shape index (κ1) is 36.1. The highest BCUT2D eigenvalue weighted by atomic mass is 16.6. The van der Waals surface area contributed by atoms with Crippen LogP contribution in [0.2, 0.25) is 0 Å². The van der Waals surface area contributed by atoms with Crippen molar-refractivity contribution >= 4 is 29.8 Å². The maximum absolute atomic E-state index is 13.9. The first-order chi connectivity index (χ1) is 17.6. The smallest absolute Gasteiger partial charge is 0.408 e. The van der Waals surface area contributed by atoms with Crippen molar-refractivity contribution in [2.45, 2.75) is 112 Å². The van der Waals surface area contributed by atoms with E-state index in [4.69, 9.17) is 4.74 Å². The van der Waals surface area contributed by atoms with Gasteiger partial charge in [0.1, 0.15) is 29.8 Å². The number of amides is 4. The highest BCUT2D eigenvalue weighted by Gasteiger charge is 2.40. The molecule has 4 atom stereocenters. The molecule has 0 bridgehead atoms. The van der Waals surface area contributed by atoms with Crippen LogP contribution in [0.4, 0.5) is 4.79 Å². The monoisotopic (exact) mass is 556 g/mol. The summed E-state index contributed by atoms with van der Waals surface area (Å²) in [5.74, 6) is -2.78. The van der Waals surface area contributed by atoms with Gasteiger partial charge in [0.15, 0.2) is 0 Å². The van der Waals surface area contributed by atoms with E-state index in [2.05, 4.69) is 5.32 Å². The van der Waals surface area contributed by atoms with Gasteiger partial charge in [0.2, 0.25) is 17.7 Å². The van der Waals surface area contributed by atoms with Gasteiger partial charge in [-0.1, -0.05) is 41.5 Å². The van der Waals surface area contributed by atoms with Gasteiger partial charge in [-0.25, -0.2) is 9.59 Å². The topological polar surface area (TPSA) is 137 Å². The third kappa shape index (κ3) is 11.4. The molecule has 4 amide bonds. The van der Waals surface area contributed by atoms with Gasteiger partial charge in [-0.2, -0.15) is 0 Å². The molecule has 4 unspecified atom stereocenters. The Morgan fingerprint density at radius 1 is 0.718 bits per heavy atom. The number of nitrogens with one attached hydrogen (secondary N) is 1. The lowest BCUT2D eigenvalue weighted by molar-refractivity contribution is -0.156. The Kier molecular flexibility index (Phi) is 14.0. The Bertz CT molecular complexity index is 866. The van der Waals surface area contributed by atoms with Crippen LogP contribution in [0.5, 0.6) is 0 Å². The van der Waals surface area contributed by atoms with E-state index in [1.807, 2.05) is 27.7 Å². The fourth-order valence-electron chi connectivity index (χ4n) is 4.41. The molecule has 226 valence electrons. The number of rotatable bonds is 13. The zero-order chi connectivity index (χ0) is 31.0. The minimum atomic E-state index is -1.12. The van der Waals surface area contributed by atoms with E-state index >= 15 is 0 Å². The second-order valence-electron chi connectivity index (χ2n) is 12.5. The van der Waals surface area contributed by atoms with Gasteiger partial charge in [0, 0.05) is 21.1 Å². The number of aliphatic carboxylic acids is 1. The van der Waals surface area contributed by atoms with Crippen LogP contribution in [0.15, 0.2) is 0 Å². The second-order valence-corrected chi connectivity index (χ2v) is 12.5. The zero-order valence-corrected chi connectivity index (χ0v) is 26.2. The first-order valence-corrected chi connectivity index (χ1v) is 13.6. The van der Waals surface area contributed by atoms with E-state index in [1.54, 1.807) is 34.6 Å². The van der Waals surface area contributed by atoms with Crippen molar-refractivity contribution in [3.05, 3.63) is 0 Å². The molecular formula is C28H52N4O7. The normalized spacial score (nSPS) is 14.9. The number of likely N-dealkylation sites (N-methyl/N-ethyl adjacent to an activating group) is 3. The van der Waals surface area contributed by atoms with E-state index in [0.717, 1.165) is 0 Å². The van der Waals surface area contributed by atoms with Crippen molar-refractivity contribution in [1.82, 2.24) is 20.0 Å². The summed E-state index contributed by atoms with van der Waals surface area (Å²) < 4.78 is 5.24. The molecule has 0 aromatic rings. The number of ether oxygens (including phenoxy) is 1. The zero-order valence-electron chi connectivity index (χ0n) is 26.2. The summed E-state index contributed by atoms with van der Waals surface area (Å²) in [5, 5.41) is 12.2. The standard InChI is InChI=1S/C28H52N4O7/c1-16(2)14-20(30(11)23(33)19(7)29-27(38)39-28(8,9)10)24(34)31(12)21(15-17(3)4)25(35)32(13)22(18(5)6)26(36)37/h16-22H,14-15H2,1-13H3,(H,29,38)(H,36,37). The van der Waals surface area contributed by atoms with Crippen molar-refractivity contribution in [3.8, 4) is 0 Å². The SMILES string of the molecule is CC(C)CC(C(=O)N(C)C(CC(C)C)C(=O)N(C)C(C(=O)O)C(C)C)N(C)C(=O)C(C)NC(=O)OC(C)(C)C. The lowest BCUT2D eigenvalue weighted by Gasteiger charge is -2.39. The summed E-state index contributed by atoms with van der Waals surface area (Å²) in [6.45, 7) is 17.8. The van der Waals surface area contributed by atoms with Crippen LogP contribution >= 0.6 is 0 Å². The van der Waals surface area contributed by atoms with Gasteiger partial charge in [-0.3, -0.25) is 14.4 Å². The molecule has 0 heterocycles. The molecule has 2 N–H and O–H groups in total. The number of nitrogens with zero attached hydrogens (tertiary/aromatic N) is 3. The number of carbonyl (C=O) groups is 5. The summed E-state index contributed by atoms with van der Waals surface area (Å²) in [4.78, 5) is 68.7. The first-order valence-electron chi connectivity index (χ1n) is 13.6. The molecule has 11 heteroatoms. The van der Waals surface area contributed by atoms with Gasteiger partial charge in [-0.05, 0) is 58.3 Å². The largest absolute Gasteiger partial charge is 0.480 e. The lowest BCUT2D eigenvalue weighted by atomic mass is 9.96. The molecular weight excluding hydrogens is 504 g/mol. The second kappa shape index (κ2) is 15.1. The minimum Gasteiger partial charge on any atom is -0.480 e. The predicted molar refractivity (Wildman–Crippen MR) is 150 cm³/mol. The van der Waals surface area contributed by atoms with Crippen LogP contribution in [-0.2, 0) is 23.9 Å². The average molecular weight is 557 g/mol. The van der Waals surface area contributed by atoms with Crippen LogP contribution < -0.4 is 5.32 Å². The molecule has 0 radical (unpaired) electrons. The van der Waals surface area contributed by atoms with Crippen molar-refractivity contribution < 1.29 is 33.8 Å². The van der Waals surface area contributed by atoms with Crippen LogP contribution in [0, 0.1) is 17.8 Å². The number of carbonyl (C=O) groups excluding carboxylic acids is 4. The quantitative estimate of drug-likeness (QED) is 0.355. The Morgan fingerprint density at radius 3 is 1.44 bits per heavy atom. The molecule has 0 rings (SSSR count). The number of hydrogen-bond donors (Lipinski definition) is 2. The molecule has 0 aliphatic rings. The highest BCUT2D eigenvalue weighted by Crippen LogP contribution is 2.21. The van der Waals surface area contributed by atoms with Crippen LogP contribution in [0.1, 0.15) is 82.1 Å². The maximum Gasteiger partial charge on any atom is 0.408 e. The van der Waals surface area contributed by atoms with Crippen molar-refractivity contribution in [2.24, 2.45) is 17.8 Å². The van der Waals surface area contributed by atoms with E-state index < -0.39 is 59.6 Å². The molecule has 0 saturated carbocycles. The van der Waals surface area contributed by atoms with E-state index in [1.165, 1.54) is 42.8 Å². The Balaban J connectivity index is 6.12. The summed E-state index contributed by atoms with van der Waals surface area (Å²) in [6, 6.07) is -3.83. The van der Waals surface area contributed by atoms with Crippen molar-refractivity contribution in [2.75, 3.05) is 21.1 Å². The molecule has 0 aliphatic heterocycles. The lowest BCUT2D eigenvalue weighted by Crippen LogP contribution is -2.59. The molecule has 0 spiro atoms. The minimum absolute atomic E-state index is 0.0332. The molecule has 0 saturated heterocycles. The van der Waals surface area contributed by atoms with Crippen LogP contribution in [-0.4, -0.2) is 101 Å². The van der Waals surface area contributed by atoms with Crippen molar-refractivity contribution in [1.29, 1.82) is 0 Å². The maximum atomic E-state index is 13.9. The van der Waals surface area contributed by atoms with Gasteiger partial charge in [0.05, 0.1) is 0 Å². The molecule has 0 aromatic heterocycles. The Hall–Kier alpha value is -2.85. The molecule has 39 heavy (non-hydrogen) atoms. The van der Waals surface area contributed by atoms with E-state index in [0.29, 0.717) is 12.8 Å². The predicted octanol–water partition coefficient (Wildman–Crippen LogP) is 3.21. The number of carboxylic acid groups (broad SMARTS) is 1. The highest BCUT2D eigenvalue weighted by molar-refractivity contribution is 5.94. The van der Waals surface area contributed by atoms with Gasteiger partial charge in [0.25, 0.3) is 0 Å². The fraction of sp³-hybridized carbons (Fsp3) is 0.821. The third-order valence-electron chi connectivity index (χ3n) is 6.34. The van der Waals surface area contributed by atoms with Crippen LogP contribution in [0.25, 0.3) is 0 Å². The van der Waals surface area contributed by atoms with Crippen molar-refractivity contribution in [3.63, 3.8) is 0 Å². The number of hydrogen-bond acceptors (Lipinski definition) is 6. The fourth-order valence-corrected chi connectivity index (χ4v) is 4.41. The van der Waals surface area contributed by atoms with Gasteiger partial charge < -0.3 is 29.9 Å². The number of alkyl carbamates (subject to hydrolysis) is 1. The molecule has 0 fully saturated rings. The van der Waals surface area contributed by atoms with Gasteiger partial charge >= 0.3 is 12.1 Å².